The van der Waals surface area contributed by atoms with Crippen LogP contribution in [0.4, 0.5) is 5.69 Å². The molecule has 1 aromatic rings. The van der Waals surface area contributed by atoms with Crippen LogP contribution in [0.5, 0.6) is 5.75 Å². The van der Waals surface area contributed by atoms with Crippen molar-refractivity contribution < 1.29 is 14.3 Å². The average molecular weight is 291 g/mol. The number of amides is 2. The molecule has 0 bridgehead atoms. The number of carbonyl (C=O) groups is 2. The van der Waals surface area contributed by atoms with Gasteiger partial charge in [-0.1, -0.05) is 12.1 Å². The van der Waals surface area contributed by atoms with E-state index in [9.17, 15) is 9.59 Å². The van der Waals surface area contributed by atoms with Crippen LogP contribution in [0.1, 0.15) is 6.92 Å². The molecular weight excluding hydrogens is 270 g/mol. The van der Waals surface area contributed by atoms with Crippen LogP contribution in [0.2, 0.25) is 0 Å². The second-order valence-corrected chi connectivity index (χ2v) is 5.12. The number of carbonyl (C=O) groups excluding carboxylic acids is 2. The quantitative estimate of drug-likeness (QED) is 0.891. The lowest BCUT2D eigenvalue weighted by Crippen LogP contribution is -2.49. The SMILES string of the molecule is CCN(CC(=O)N(C)C)C(=O)C1CNc2ccccc2O1. The van der Waals surface area contributed by atoms with E-state index < -0.39 is 6.10 Å². The summed E-state index contributed by atoms with van der Waals surface area (Å²) in [4.78, 5) is 27.3. The van der Waals surface area contributed by atoms with Crippen molar-refractivity contribution in [2.45, 2.75) is 13.0 Å². The van der Waals surface area contributed by atoms with E-state index in [0.29, 0.717) is 18.8 Å². The first-order valence-corrected chi connectivity index (χ1v) is 7.01. The highest BCUT2D eigenvalue weighted by atomic mass is 16.5. The number of para-hydroxylation sites is 2. The summed E-state index contributed by atoms with van der Waals surface area (Å²) in [6, 6.07) is 7.50. The average Bonchev–Trinajstić information content (AvgIpc) is 2.51. The van der Waals surface area contributed by atoms with Crippen molar-refractivity contribution in [1.82, 2.24) is 9.80 Å². The molecule has 1 N–H and O–H groups in total. The molecule has 1 heterocycles. The van der Waals surface area contributed by atoms with Gasteiger partial charge in [-0.15, -0.1) is 0 Å². The topological polar surface area (TPSA) is 61.9 Å². The molecule has 2 rings (SSSR count). The molecule has 0 fully saturated rings. The molecule has 114 valence electrons. The molecule has 2 amide bonds. The number of ether oxygens (including phenoxy) is 1. The molecular formula is C15H21N3O3. The maximum absolute atomic E-state index is 12.5. The summed E-state index contributed by atoms with van der Waals surface area (Å²) in [6.07, 6.45) is -0.602. The Labute approximate surface area is 124 Å². The van der Waals surface area contributed by atoms with Crippen molar-refractivity contribution in [3.63, 3.8) is 0 Å². The molecule has 0 aliphatic carbocycles. The zero-order chi connectivity index (χ0) is 15.4. The van der Waals surface area contributed by atoms with Crippen molar-refractivity contribution in [2.24, 2.45) is 0 Å². The first-order valence-electron chi connectivity index (χ1n) is 7.01. The normalized spacial score (nSPS) is 16.2. The minimum absolute atomic E-state index is 0.0733. The third kappa shape index (κ3) is 3.45. The zero-order valence-electron chi connectivity index (χ0n) is 12.6. The van der Waals surface area contributed by atoms with E-state index in [2.05, 4.69) is 5.32 Å². The lowest BCUT2D eigenvalue weighted by Gasteiger charge is -2.31. The third-order valence-corrected chi connectivity index (χ3v) is 3.43. The van der Waals surface area contributed by atoms with Gasteiger partial charge in [-0.05, 0) is 19.1 Å². The minimum atomic E-state index is -0.602. The lowest BCUT2D eigenvalue weighted by molar-refractivity contribution is -0.143. The van der Waals surface area contributed by atoms with Crippen LogP contribution in [0.15, 0.2) is 24.3 Å². The van der Waals surface area contributed by atoms with Gasteiger partial charge in [0.15, 0.2) is 6.10 Å². The molecule has 1 aliphatic rings. The molecule has 1 unspecified atom stereocenters. The van der Waals surface area contributed by atoms with Gasteiger partial charge in [0.2, 0.25) is 5.91 Å². The second kappa shape index (κ2) is 6.47. The highest BCUT2D eigenvalue weighted by Gasteiger charge is 2.30. The third-order valence-electron chi connectivity index (χ3n) is 3.43. The van der Waals surface area contributed by atoms with Gasteiger partial charge in [-0.3, -0.25) is 9.59 Å². The fourth-order valence-corrected chi connectivity index (χ4v) is 2.10. The van der Waals surface area contributed by atoms with Crippen molar-refractivity contribution in [3.05, 3.63) is 24.3 Å². The maximum atomic E-state index is 12.5. The number of fused-ring (bicyclic) bond motifs is 1. The summed E-state index contributed by atoms with van der Waals surface area (Å²) >= 11 is 0. The van der Waals surface area contributed by atoms with Crippen molar-refractivity contribution in [2.75, 3.05) is 39.0 Å². The Hall–Kier alpha value is -2.24. The Morgan fingerprint density at radius 3 is 2.71 bits per heavy atom. The maximum Gasteiger partial charge on any atom is 0.265 e. The number of anilines is 1. The number of likely N-dealkylation sites (N-methyl/N-ethyl adjacent to an activating group) is 2. The molecule has 0 radical (unpaired) electrons. The van der Waals surface area contributed by atoms with Crippen LogP contribution < -0.4 is 10.1 Å². The Kier molecular flexibility index (Phi) is 4.67. The Morgan fingerprint density at radius 2 is 2.05 bits per heavy atom. The standard InChI is InChI=1S/C15H21N3O3/c1-4-18(10-14(19)17(2)3)15(20)13-9-16-11-7-5-6-8-12(11)21-13/h5-8,13,16H,4,9-10H2,1-3H3. The number of rotatable bonds is 4. The van der Waals surface area contributed by atoms with Gasteiger partial charge < -0.3 is 19.9 Å². The van der Waals surface area contributed by atoms with E-state index in [-0.39, 0.29) is 18.4 Å². The minimum Gasteiger partial charge on any atom is -0.477 e. The molecule has 6 heteroatoms. The molecule has 1 atom stereocenters. The molecule has 0 spiro atoms. The predicted molar refractivity (Wildman–Crippen MR) is 80.3 cm³/mol. The molecule has 1 aliphatic heterocycles. The Balaban J connectivity index is 2.04. The summed E-state index contributed by atoms with van der Waals surface area (Å²) in [5.74, 6) is 0.390. The zero-order valence-corrected chi connectivity index (χ0v) is 12.6. The van der Waals surface area contributed by atoms with Gasteiger partial charge in [0.25, 0.3) is 5.91 Å². The largest absolute Gasteiger partial charge is 0.477 e. The number of benzene rings is 1. The molecule has 21 heavy (non-hydrogen) atoms. The summed E-state index contributed by atoms with van der Waals surface area (Å²) in [7, 11) is 3.35. The Morgan fingerprint density at radius 1 is 1.33 bits per heavy atom. The summed E-state index contributed by atoms with van der Waals surface area (Å²) < 4.78 is 5.74. The van der Waals surface area contributed by atoms with Crippen LogP contribution in [-0.2, 0) is 9.59 Å². The van der Waals surface area contributed by atoms with Crippen molar-refractivity contribution in [1.29, 1.82) is 0 Å². The smallest absolute Gasteiger partial charge is 0.265 e. The predicted octanol–water partition coefficient (Wildman–Crippen LogP) is 0.796. The number of hydrogen-bond donors (Lipinski definition) is 1. The first-order chi connectivity index (χ1) is 10.0. The van der Waals surface area contributed by atoms with E-state index in [1.807, 2.05) is 31.2 Å². The van der Waals surface area contributed by atoms with Crippen LogP contribution >= 0.6 is 0 Å². The van der Waals surface area contributed by atoms with Gasteiger partial charge in [-0.25, -0.2) is 0 Å². The van der Waals surface area contributed by atoms with E-state index in [1.54, 1.807) is 14.1 Å². The van der Waals surface area contributed by atoms with Gasteiger partial charge in [0.05, 0.1) is 18.8 Å². The van der Waals surface area contributed by atoms with E-state index in [4.69, 9.17) is 4.74 Å². The molecule has 0 saturated heterocycles. The highest BCUT2D eigenvalue weighted by Crippen LogP contribution is 2.28. The van der Waals surface area contributed by atoms with Crippen LogP contribution in [0.3, 0.4) is 0 Å². The van der Waals surface area contributed by atoms with E-state index in [1.165, 1.54) is 9.80 Å². The van der Waals surface area contributed by atoms with Crippen molar-refractivity contribution >= 4 is 17.5 Å². The van der Waals surface area contributed by atoms with Gasteiger partial charge >= 0.3 is 0 Å². The molecule has 0 saturated carbocycles. The van der Waals surface area contributed by atoms with E-state index in [0.717, 1.165) is 5.69 Å². The molecule has 1 aromatic carbocycles. The molecule has 6 nitrogen and oxygen atoms in total. The van der Waals surface area contributed by atoms with E-state index >= 15 is 0 Å². The lowest BCUT2D eigenvalue weighted by atomic mass is 10.2. The fraction of sp³-hybridized carbons (Fsp3) is 0.467. The molecule has 0 aromatic heterocycles. The van der Waals surface area contributed by atoms with Crippen LogP contribution in [0.25, 0.3) is 0 Å². The number of nitrogens with zero attached hydrogens (tertiary/aromatic N) is 2. The monoisotopic (exact) mass is 291 g/mol. The number of hydrogen-bond acceptors (Lipinski definition) is 4. The summed E-state index contributed by atoms with van der Waals surface area (Å²) in [6.45, 7) is 2.80. The summed E-state index contributed by atoms with van der Waals surface area (Å²) in [5, 5.41) is 3.18. The highest BCUT2D eigenvalue weighted by molar-refractivity contribution is 5.88. The van der Waals surface area contributed by atoms with Gasteiger partial charge in [-0.2, -0.15) is 0 Å². The second-order valence-electron chi connectivity index (χ2n) is 5.12. The van der Waals surface area contributed by atoms with Gasteiger partial charge in [0.1, 0.15) is 5.75 Å². The van der Waals surface area contributed by atoms with Crippen molar-refractivity contribution in [3.8, 4) is 5.75 Å². The Bertz CT molecular complexity index is 531. The van der Waals surface area contributed by atoms with Crippen LogP contribution in [0, 0.1) is 0 Å². The van der Waals surface area contributed by atoms with Crippen LogP contribution in [-0.4, -0.2) is 61.4 Å². The van der Waals surface area contributed by atoms with Gasteiger partial charge in [0, 0.05) is 20.6 Å². The summed E-state index contributed by atoms with van der Waals surface area (Å²) in [5.41, 5.74) is 0.883. The number of nitrogens with one attached hydrogen (secondary N) is 1. The fourth-order valence-electron chi connectivity index (χ4n) is 2.10. The first kappa shape index (κ1) is 15.2.